The number of nitrogens with zero attached hydrogens (tertiary/aromatic N) is 2. The highest BCUT2D eigenvalue weighted by atomic mass is 32.2. The number of anilines is 1. The number of pyridine rings is 1. The largest absolute Gasteiger partial charge is 0.326 e. The van der Waals surface area contributed by atoms with E-state index in [-0.39, 0.29) is 17.9 Å². The number of H-pyrrole nitrogens is 1. The molecule has 0 atom stereocenters. The minimum absolute atomic E-state index is 0.144. The van der Waals surface area contributed by atoms with Crippen molar-refractivity contribution in [3.63, 3.8) is 0 Å². The van der Waals surface area contributed by atoms with Crippen LogP contribution < -0.4 is 10.9 Å². The maximum atomic E-state index is 11.9. The number of carbonyl (C=O) groups excluding carboxylic acids is 1. The van der Waals surface area contributed by atoms with E-state index in [2.05, 4.69) is 20.3 Å². The molecule has 110 valence electrons. The quantitative estimate of drug-likeness (QED) is 0.649. The first-order valence-corrected chi connectivity index (χ1v) is 7.66. The van der Waals surface area contributed by atoms with Crippen molar-refractivity contribution in [3.05, 3.63) is 46.1 Å². The summed E-state index contributed by atoms with van der Waals surface area (Å²) in [7, 11) is 0. The van der Waals surface area contributed by atoms with Crippen molar-refractivity contribution in [3.8, 4) is 0 Å². The van der Waals surface area contributed by atoms with E-state index in [1.165, 1.54) is 11.8 Å². The molecule has 0 radical (unpaired) electrons. The second-order valence-electron chi connectivity index (χ2n) is 4.42. The first-order chi connectivity index (χ1) is 10.1. The number of thioether (sulfide) groups is 1. The normalized spacial score (nSPS) is 10.4. The van der Waals surface area contributed by atoms with Gasteiger partial charge in [-0.25, -0.2) is 4.98 Å². The van der Waals surface area contributed by atoms with Gasteiger partial charge in [-0.3, -0.25) is 14.6 Å². The number of hydrogen-bond donors (Lipinski definition) is 2. The van der Waals surface area contributed by atoms with Crippen LogP contribution in [0.2, 0.25) is 0 Å². The summed E-state index contributed by atoms with van der Waals surface area (Å²) in [4.78, 5) is 34.7. The van der Waals surface area contributed by atoms with Gasteiger partial charge in [0.05, 0.1) is 0 Å². The molecule has 2 N–H and O–H groups in total. The number of hydrogen-bond acceptors (Lipinski definition) is 5. The third-order valence-electron chi connectivity index (χ3n) is 2.96. The zero-order valence-electron chi connectivity index (χ0n) is 11.8. The number of nitrogens with one attached hydrogen (secondary N) is 2. The molecule has 2 heterocycles. The lowest BCUT2D eigenvalue weighted by molar-refractivity contribution is -0.116. The van der Waals surface area contributed by atoms with Gasteiger partial charge in [-0.2, -0.15) is 0 Å². The van der Waals surface area contributed by atoms with Crippen molar-refractivity contribution in [2.45, 2.75) is 24.9 Å². The topological polar surface area (TPSA) is 87.7 Å². The van der Waals surface area contributed by atoms with Crippen LogP contribution in [0.4, 0.5) is 5.69 Å². The van der Waals surface area contributed by atoms with Crippen LogP contribution in [0.1, 0.15) is 17.7 Å². The van der Waals surface area contributed by atoms with Crippen molar-refractivity contribution in [2.75, 3.05) is 11.6 Å². The van der Waals surface area contributed by atoms with Gasteiger partial charge in [0.25, 0.3) is 5.56 Å². The van der Waals surface area contributed by atoms with Crippen molar-refractivity contribution < 1.29 is 4.79 Å². The Morgan fingerprint density at radius 1 is 1.38 bits per heavy atom. The van der Waals surface area contributed by atoms with Gasteiger partial charge in [0, 0.05) is 35.8 Å². The molecule has 7 heteroatoms. The smallest absolute Gasteiger partial charge is 0.254 e. The Morgan fingerprint density at radius 3 is 2.71 bits per heavy atom. The van der Waals surface area contributed by atoms with Crippen LogP contribution in [0.15, 0.2) is 34.5 Å². The van der Waals surface area contributed by atoms with E-state index >= 15 is 0 Å². The molecule has 2 aromatic heterocycles. The summed E-state index contributed by atoms with van der Waals surface area (Å²) >= 11 is 1.38. The maximum absolute atomic E-state index is 11.9. The summed E-state index contributed by atoms with van der Waals surface area (Å²) in [6, 6.07) is 3.43. The van der Waals surface area contributed by atoms with Crippen LogP contribution in [-0.2, 0) is 11.2 Å². The average Bonchev–Trinajstić information content (AvgIpc) is 2.47. The molecule has 0 fully saturated rings. The molecule has 6 nitrogen and oxygen atoms in total. The molecule has 0 saturated carbocycles. The Kier molecular flexibility index (Phi) is 5.10. The molecular formula is C14H16N4O2S. The van der Waals surface area contributed by atoms with E-state index < -0.39 is 0 Å². The number of aromatic amines is 1. The van der Waals surface area contributed by atoms with Gasteiger partial charge in [-0.1, -0.05) is 11.8 Å². The molecule has 1 amide bonds. The molecule has 0 aromatic carbocycles. The van der Waals surface area contributed by atoms with Crippen LogP contribution in [-0.4, -0.2) is 27.1 Å². The first-order valence-electron chi connectivity index (χ1n) is 6.44. The van der Waals surface area contributed by atoms with E-state index in [0.717, 1.165) is 0 Å². The van der Waals surface area contributed by atoms with E-state index in [9.17, 15) is 9.59 Å². The molecule has 2 rings (SSSR count). The van der Waals surface area contributed by atoms with Crippen LogP contribution in [0.5, 0.6) is 0 Å². The maximum Gasteiger partial charge on any atom is 0.254 e. The highest BCUT2D eigenvalue weighted by Crippen LogP contribution is 2.10. The number of aryl methyl sites for hydroxylation is 1. The van der Waals surface area contributed by atoms with Gasteiger partial charge in [-0.15, -0.1) is 0 Å². The fourth-order valence-electron chi connectivity index (χ4n) is 1.87. The number of carbonyl (C=O) groups is 1. The van der Waals surface area contributed by atoms with Crippen molar-refractivity contribution in [1.82, 2.24) is 15.0 Å². The third-order valence-corrected chi connectivity index (χ3v) is 3.54. The van der Waals surface area contributed by atoms with Crippen molar-refractivity contribution in [1.29, 1.82) is 0 Å². The summed E-state index contributed by atoms with van der Waals surface area (Å²) in [6.45, 7) is 1.78. The van der Waals surface area contributed by atoms with Crippen LogP contribution in [0.3, 0.4) is 0 Å². The standard InChI is InChI=1S/C14H16N4O2S/c1-9-11(13(20)18-14(16-9)21-2)3-4-12(19)17-10-5-7-15-8-6-10/h5-8H,3-4H2,1-2H3,(H,15,17,19)(H,16,18,20). The van der Waals surface area contributed by atoms with Crippen molar-refractivity contribution in [2.24, 2.45) is 0 Å². The fraction of sp³-hybridized carbons (Fsp3) is 0.286. The Hall–Kier alpha value is -2.15. The predicted octanol–water partition coefficient (Wildman–Crippen LogP) is 1.77. The monoisotopic (exact) mass is 304 g/mol. The van der Waals surface area contributed by atoms with Gasteiger partial charge >= 0.3 is 0 Å². The molecule has 0 bridgehead atoms. The van der Waals surface area contributed by atoms with Crippen molar-refractivity contribution >= 4 is 23.4 Å². The van der Waals surface area contributed by atoms with E-state index in [1.807, 2.05) is 6.26 Å². The summed E-state index contributed by atoms with van der Waals surface area (Å²) in [5, 5.41) is 3.34. The second-order valence-corrected chi connectivity index (χ2v) is 5.22. The van der Waals surface area contributed by atoms with Crippen LogP contribution in [0.25, 0.3) is 0 Å². The third kappa shape index (κ3) is 4.16. The lowest BCUT2D eigenvalue weighted by atomic mass is 10.1. The number of aromatic nitrogens is 3. The minimum Gasteiger partial charge on any atom is -0.326 e. The van der Waals surface area contributed by atoms with Gasteiger partial charge in [0.1, 0.15) is 0 Å². The minimum atomic E-state index is -0.177. The Balaban J connectivity index is 2.00. The Bertz CT molecular complexity index is 685. The molecular weight excluding hydrogens is 288 g/mol. The summed E-state index contributed by atoms with van der Waals surface area (Å²) < 4.78 is 0. The van der Waals surface area contributed by atoms with E-state index in [1.54, 1.807) is 31.5 Å². The molecule has 21 heavy (non-hydrogen) atoms. The molecule has 0 aliphatic carbocycles. The van der Waals surface area contributed by atoms with Gasteiger partial charge in [0.15, 0.2) is 5.16 Å². The SMILES string of the molecule is CSc1nc(C)c(CCC(=O)Nc2ccncc2)c(=O)[nH]1. The van der Waals surface area contributed by atoms with Gasteiger partial charge in [0.2, 0.25) is 5.91 Å². The molecule has 0 unspecified atom stereocenters. The highest BCUT2D eigenvalue weighted by molar-refractivity contribution is 7.98. The van der Waals surface area contributed by atoms with Gasteiger partial charge in [-0.05, 0) is 31.7 Å². The fourth-order valence-corrected chi connectivity index (χ4v) is 2.30. The second kappa shape index (κ2) is 7.03. The number of amides is 1. The Morgan fingerprint density at radius 2 is 2.10 bits per heavy atom. The zero-order valence-corrected chi connectivity index (χ0v) is 12.7. The first kappa shape index (κ1) is 15.2. The van der Waals surface area contributed by atoms with Crippen LogP contribution in [0, 0.1) is 6.92 Å². The summed E-state index contributed by atoms with van der Waals surface area (Å²) in [5.74, 6) is -0.144. The summed E-state index contributed by atoms with van der Waals surface area (Å²) in [5.41, 5.74) is 1.73. The van der Waals surface area contributed by atoms with Crippen LogP contribution >= 0.6 is 11.8 Å². The molecule has 0 aliphatic heterocycles. The lowest BCUT2D eigenvalue weighted by Gasteiger charge is -2.07. The summed E-state index contributed by atoms with van der Waals surface area (Å²) in [6.07, 6.45) is 5.65. The predicted molar refractivity (Wildman–Crippen MR) is 82.6 cm³/mol. The average molecular weight is 304 g/mol. The lowest BCUT2D eigenvalue weighted by Crippen LogP contribution is -2.20. The molecule has 0 saturated heterocycles. The van der Waals surface area contributed by atoms with Gasteiger partial charge < -0.3 is 10.3 Å². The van der Waals surface area contributed by atoms with E-state index in [0.29, 0.717) is 28.5 Å². The van der Waals surface area contributed by atoms with E-state index in [4.69, 9.17) is 0 Å². The molecule has 0 aliphatic rings. The zero-order chi connectivity index (χ0) is 15.2. The molecule has 2 aromatic rings. The number of rotatable bonds is 5. The Labute approximate surface area is 126 Å². The highest BCUT2D eigenvalue weighted by Gasteiger charge is 2.10. The molecule has 0 spiro atoms.